The van der Waals surface area contributed by atoms with E-state index in [9.17, 15) is 5.11 Å². The Hall–Kier alpha value is -1.26. The molecule has 4 heteroatoms. The first-order valence-electron chi connectivity index (χ1n) is 5.37. The van der Waals surface area contributed by atoms with E-state index in [-0.39, 0.29) is 0 Å². The van der Waals surface area contributed by atoms with E-state index >= 15 is 0 Å². The van der Waals surface area contributed by atoms with Crippen LogP contribution in [0.2, 0.25) is 0 Å². The van der Waals surface area contributed by atoms with Gasteiger partial charge in [-0.3, -0.25) is 0 Å². The van der Waals surface area contributed by atoms with Crippen molar-refractivity contribution in [3.05, 3.63) is 58.1 Å². The van der Waals surface area contributed by atoms with Crippen LogP contribution in [0.4, 0.5) is 0 Å². The number of aromatic nitrogens is 2. The molecule has 17 heavy (non-hydrogen) atoms. The lowest BCUT2D eigenvalue weighted by Gasteiger charge is -2.10. The maximum Gasteiger partial charge on any atom is 0.157 e. The number of hydrogen-bond donors (Lipinski definition) is 1. The summed E-state index contributed by atoms with van der Waals surface area (Å²) in [5.41, 5.74) is 2.03. The summed E-state index contributed by atoms with van der Waals surface area (Å²) in [5, 5.41) is 10.0. The molecule has 0 saturated carbocycles. The second-order valence-corrected chi connectivity index (χ2v) is 4.78. The molecule has 1 unspecified atom stereocenters. The highest BCUT2D eigenvalue weighted by atomic mass is 79.9. The van der Waals surface area contributed by atoms with Crippen molar-refractivity contribution in [2.24, 2.45) is 0 Å². The fraction of sp³-hybridized carbons (Fsp3) is 0.231. The topological polar surface area (TPSA) is 46.0 Å². The zero-order chi connectivity index (χ0) is 12.3. The van der Waals surface area contributed by atoms with Crippen molar-refractivity contribution in [2.75, 3.05) is 0 Å². The molecule has 0 bridgehead atoms. The summed E-state index contributed by atoms with van der Waals surface area (Å²) in [7, 11) is 0. The molecule has 0 amide bonds. The number of benzene rings is 1. The van der Waals surface area contributed by atoms with Gasteiger partial charge in [-0.15, -0.1) is 0 Å². The number of halogens is 1. The Balaban J connectivity index is 2.14. The highest BCUT2D eigenvalue weighted by molar-refractivity contribution is 9.10. The van der Waals surface area contributed by atoms with Gasteiger partial charge >= 0.3 is 0 Å². The first-order valence-corrected chi connectivity index (χ1v) is 6.16. The van der Waals surface area contributed by atoms with Crippen LogP contribution >= 0.6 is 15.9 Å². The van der Waals surface area contributed by atoms with Gasteiger partial charge in [0.2, 0.25) is 0 Å². The lowest BCUT2D eigenvalue weighted by atomic mass is 10.1. The molecule has 2 aromatic rings. The molecule has 0 spiro atoms. The van der Waals surface area contributed by atoms with Gasteiger partial charge in [0, 0.05) is 23.3 Å². The normalized spacial score (nSPS) is 12.4. The van der Waals surface area contributed by atoms with Crippen LogP contribution in [0.3, 0.4) is 0 Å². The summed E-state index contributed by atoms with van der Waals surface area (Å²) in [6.07, 6.45) is 3.26. The van der Waals surface area contributed by atoms with Crippen LogP contribution in [0, 0.1) is 6.92 Å². The van der Waals surface area contributed by atoms with Gasteiger partial charge in [0.05, 0.1) is 0 Å². The number of nitrogens with zero attached hydrogens (tertiary/aromatic N) is 2. The van der Waals surface area contributed by atoms with E-state index in [4.69, 9.17) is 0 Å². The second-order valence-electron chi connectivity index (χ2n) is 3.93. The Morgan fingerprint density at radius 1 is 1.24 bits per heavy atom. The molecule has 1 N–H and O–H groups in total. The Bertz CT molecular complexity index is 499. The van der Waals surface area contributed by atoms with Crippen LogP contribution in [0.25, 0.3) is 0 Å². The molecule has 0 saturated heterocycles. The first-order chi connectivity index (χ1) is 8.16. The first kappa shape index (κ1) is 12.2. The number of aryl methyl sites for hydroxylation is 1. The highest BCUT2D eigenvalue weighted by Gasteiger charge is 2.12. The van der Waals surface area contributed by atoms with Gasteiger partial charge in [-0.2, -0.15) is 0 Å². The van der Waals surface area contributed by atoms with Gasteiger partial charge in [0.1, 0.15) is 6.10 Å². The molecule has 1 aromatic carbocycles. The molecule has 0 aliphatic rings. The SMILES string of the molecule is Cc1cnc(C(O)Cc2ccccc2Br)nc1. The van der Waals surface area contributed by atoms with E-state index in [1.54, 1.807) is 12.4 Å². The lowest BCUT2D eigenvalue weighted by Crippen LogP contribution is -2.07. The smallest absolute Gasteiger partial charge is 0.157 e. The van der Waals surface area contributed by atoms with Crippen LogP contribution in [-0.2, 0) is 6.42 Å². The van der Waals surface area contributed by atoms with E-state index in [0.29, 0.717) is 12.2 Å². The van der Waals surface area contributed by atoms with Crippen molar-refractivity contribution >= 4 is 15.9 Å². The summed E-state index contributed by atoms with van der Waals surface area (Å²) in [4.78, 5) is 8.26. The van der Waals surface area contributed by atoms with Gasteiger partial charge in [0.15, 0.2) is 5.82 Å². The van der Waals surface area contributed by atoms with Crippen molar-refractivity contribution < 1.29 is 5.11 Å². The van der Waals surface area contributed by atoms with E-state index in [0.717, 1.165) is 15.6 Å². The fourth-order valence-corrected chi connectivity index (χ4v) is 1.98. The molecular formula is C13H13BrN2O. The van der Waals surface area contributed by atoms with Crippen LogP contribution < -0.4 is 0 Å². The van der Waals surface area contributed by atoms with E-state index in [1.165, 1.54) is 0 Å². The van der Waals surface area contributed by atoms with Gasteiger partial charge < -0.3 is 5.11 Å². The van der Waals surface area contributed by atoms with Gasteiger partial charge in [-0.05, 0) is 24.1 Å². The minimum absolute atomic E-state index is 0.464. The molecule has 0 aliphatic heterocycles. The third-order valence-electron chi connectivity index (χ3n) is 2.47. The summed E-state index contributed by atoms with van der Waals surface area (Å²) in [6, 6.07) is 7.82. The molecule has 0 aliphatic carbocycles. The maximum atomic E-state index is 10.0. The standard InChI is InChI=1S/C13H13BrN2O/c1-9-7-15-13(16-8-9)12(17)6-10-4-2-3-5-11(10)14/h2-5,7-8,12,17H,6H2,1H3. The molecule has 1 heterocycles. The van der Waals surface area contributed by atoms with Crippen LogP contribution in [0.5, 0.6) is 0 Å². The van der Waals surface area contributed by atoms with Crippen LogP contribution in [0.15, 0.2) is 41.1 Å². The molecule has 88 valence electrons. The summed E-state index contributed by atoms with van der Waals surface area (Å²) in [5.74, 6) is 0.464. The van der Waals surface area contributed by atoms with E-state index < -0.39 is 6.10 Å². The van der Waals surface area contributed by atoms with Crippen molar-refractivity contribution in [3.63, 3.8) is 0 Å². The molecule has 1 aromatic heterocycles. The van der Waals surface area contributed by atoms with Gasteiger partial charge in [0.25, 0.3) is 0 Å². The second kappa shape index (κ2) is 5.38. The van der Waals surface area contributed by atoms with Crippen molar-refractivity contribution in [1.82, 2.24) is 9.97 Å². The third kappa shape index (κ3) is 3.11. The molecule has 0 fully saturated rings. The molecule has 3 nitrogen and oxygen atoms in total. The summed E-state index contributed by atoms with van der Waals surface area (Å²) >= 11 is 3.46. The van der Waals surface area contributed by atoms with Crippen molar-refractivity contribution in [2.45, 2.75) is 19.4 Å². The van der Waals surface area contributed by atoms with Crippen molar-refractivity contribution in [3.8, 4) is 0 Å². The number of hydrogen-bond acceptors (Lipinski definition) is 3. The van der Waals surface area contributed by atoms with Crippen molar-refractivity contribution in [1.29, 1.82) is 0 Å². The zero-order valence-corrected chi connectivity index (χ0v) is 11.1. The molecule has 0 radical (unpaired) electrons. The predicted molar refractivity (Wildman–Crippen MR) is 69.6 cm³/mol. The minimum atomic E-state index is -0.672. The Labute approximate surface area is 109 Å². The highest BCUT2D eigenvalue weighted by Crippen LogP contribution is 2.21. The molecule has 2 rings (SSSR count). The lowest BCUT2D eigenvalue weighted by molar-refractivity contribution is 0.168. The van der Waals surface area contributed by atoms with Gasteiger partial charge in [-0.1, -0.05) is 34.1 Å². The largest absolute Gasteiger partial charge is 0.385 e. The zero-order valence-electron chi connectivity index (χ0n) is 9.47. The van der Waals surface area contributed by atoms with Crippen LogP contribution in [-0.4, -0.2) is 15.1 Å². The third-order valence-corrected chi connectivity index (χ3v) is 3.24. The quantitative estimate of drug-likeness (QED) is 0.946. The summed E-state index contributed by atoms with van der Waals surface area (Å²) in [6.45, 7) is 1.92. The molecular weight excluding hydrogens is 280 g/mol. The Morgan fingerprint density at radius 3 is 2.53 bits per heavy atom. The number of aliphatic hydroxyl groups is 1. The molecule has 1 atom stereocenters. The van der Waals surface area contributed by atoms with Gasteiger partial charge in [-0.25, -0.2) is 9.97 Å². The number of aliphatic hydroxyl groups excluding tert-OH is 1. The predicted octanol–water partition coefficient (Wildman–Crippen LogP) is 2.82. The summed E-state index contributed by atoms with van der Waals surface area (Å²) < 4.78 is 0.992. The average Bonchev–Trinajstić information content (AvgIpc) is 2.33. The van der Waals surface area contributed by atoms with E-state index in [1.807, 2.05) is 31.2 Å². The van der Waals surface area contributed by atoms with E-state index in [2.05, 4.69) is 25.9 Å². The Kier molecular flexibility index (Phi) is 3.86. The maximum absolute atomic E-state index is 10.0. The Morgan fingerprint density at radius 2 is 1.88 bits per heavy atom. The minimum Gasteiger partial charge on any atom is -0.385 e. The monoisotopic (exact) mass is 292 g/mol. The average molecular weight is 293 g/mol. The van der Waals surface area contributed by atoms with Crippen LogP contribution in [0.1, 0.15) is 23.1 Å². The number of rotatable bonds is 3. The fourth-order valence-electron chi connectivity index (χ4n) is 1.54.